The maximum Gasteiger partial charge on any atom is 0.321 e. The van der Waals surface area contributed by atoms with Crippen molar-refractivity contribution in [2.75, 3.05) is 36.4 Å². The molecule has 6 rings (SSSR count). The quantitative estimate of drug-likeness (QED) is 0.601. The Morgan fingerprint density at radius 2 is 1.71 bits per heavy atom. The Bertz CT molecular complexity index is 1320. The third kappa shape index (κ3) is 3.91. The molecule has 2 N–H and O–H groups in total. The molecule has 0 radical (unpaired) electrons. The lowest BCUT2D eigenvalue weighted by Gasteiger charge is -2.33. The van der Waals surface area contributed by atoms with Crippen molar-refractivity contribution < 1.29 is 14.4 Å². The molecule has 0 bridgehead atoms. The van der Waals surface area contributed by atoms with Crippen molar-refractivity contribution in [3.05, 3.63) is 72.3 Å². The van der Waals surface area contributed by atoms with Gasteiger partial charge in [-0.1, -0.05) is 42.5 Å². The maximum absolute atomic E-state index is 13.3. The Labute approximate surface area is 204 Å². The molecule has 1 saturated carbocycles. The molecule has 2 saturated heterocycles. The minimum absolute atomic E-state index is 0.00787. The van der Waals surface area contributed by atoms with Gasteiger partial charge in [-0.3, -0.25) is 14.5 Å². The Hall–Kier alpha value is -3.87. The molecule has 1 spiro atoms. The van der Waals surface area contributed by atoms with Gasteiger partial charge >= 0.3 is 6.03 Å². The highest BCUT2D eigenvalue weighted by Crippen LogP contribution is 2.59. The van der Waals surface area contributed by atoms with Gasteiger partial charge in [-0.15, -0.1) is 0 Å². The largest absolute Gasteiger partial charge is 0.339 e. The van der Waals surface area contributed by atoms with Crippen molar-refractivity contribution in [1.82, 2.24) is 10.2 Å². The van der Waals surface area contributed by atoms with Crippen molar-refractivity contribution in [3.63, 3.8) is 0 Å². The summed E-state index contributed by atoms with van der Waals surface area (Å²) in [4.78, 5) is 41.9. The number of hydrogen-bond donors (Lipinski definition) is 2. The Kier molecular flexibility index (Phi) is 5.20. The zero-order valence-corrected chi connectivity index (χ0v) is 19.5. The first-order chi connectivity index (χ1) is 17.0. The Morgan fingerprint density at radius 3 is 2.51 bits per heavy atom. The monoisotopic (exact) mass is 468 g/mol. The van der Waals surface area contributed by atoms with Gasteiger partial charge in [0.25, 0.3) is 5.91 Å². The second kappa shape index (κ2) is 8.41. The number of hydrogen-bond acceptors (Lipinski definition) is 3. The third-order valence-corrected chi connectivity index (χ3v) is 7.85. The van der Waals surface area contributed by atoms with Gasteiger partial charge in [0.15, 0.2) is 0 Å². The summed E-state index contributed by atoms with van der Waals surface area (Å²) in [5, 5.41) is 7.91. The van der Waals surface area contributed by atoms with Crippen LogP contribution in [0.2, 0.25) is 0 Å². The minimum atomic E-state index is -0.112. The molecule has 4 amide bonds. The SMILES string of the molecule is O=C(Nc1cccc(N2CCNC2=O)c1)C1CC12CCN(C(=O)c1cccc3ccccc13)CC2. The van der Waals surface area contributed by atoms with Crippen LogP contribution in [0.4, 0.5) is 16.2 Å². The van der Waals surface area contributed by atoms with E-state index >= 15 is 0 Å². The number of piperidine rings is 1. The summed E-state index contributed by atoms with van der Waals surface area (Å²) in [5.74, 6) is 0.0685. The van der Waals surface area contributed by atoms with Gasteiger partial charge in [0.1, 0.15) is 0 Å². The fourth-order valence-corrected chi connectivity index (χ4v) is 5.71. The number of fused-ring (bicyclic) bond motifs is 1. The highest BCUT2D eigenvalue weighted by molar-refractivity contribution is 6.07. The highest BCUT2D eigenvalue weighted by Gasteiger charge is 2.58. The van der Waals surface area contributed by atoms with Crippen molar-refractivity contribution in [2.45, 2.75) is 19.3 Å². The van der Waals surface area contributed by atoms with E-state index in [9.17, 15) is 14.4 Å². The van der Waals surface area contributed by atoms with Crippen LogP contribution in [-0.2, 0) is 4.79 Å². The van der Waals surface area contributed by atoms with E-state index in [0.29, 0.717) is 31.9 Å². The van der Waals surface area contributed by atoms with E-state index in [2.05, 4.69) is 10.6 Å². The topological polar surface area (TPSA) is 81.8 Å². The zero-order valence-electron chi connectivity index (χ0n) is 19.5. The summed E-state index contributed by atoms with van der Waals surface area (Å²) in [6.07, 6.45) is 2.55. The summed E-state index contributed by atoms with van der Waals surface area (Å²) in [5.41, 5.74) is 2.23. The van der Waals surface area contributed by atoms with Gasteiger partial charge in [0.2, 0.25) is 5.91 Å². The van der Waals surface area contributed by atoms with E-state index in [1.807, 2.05) is 71.6 Å². The fourth-order valence-electron chi connectivity index (χ4n) is 5.71. The summed E-state index contributed by atoms with van der Waals surface area (Å²) in [6.45, 7) is 2.59. The molecular formula is C28H28N4O3. The number of anilines is 2. The van der Waals surface area contributed by atoms with Crippen LogP contribution in [0.25, 0.3) is 10.8 Å². The van der Waals surface area contributed by atoms with Crippen LogP contribution in [0.3, 0.4) is 0 Å². The van der Waals surface area contributed by atoms with E-state index in [1.165, 1.54) is 0 Å². The van der Waals surface area contributed by atoms with E-state index in [4.69, 9.17) is 0 Å². The predicted octanol–water partition coefficient (Wildman–Crippen LogP) is 4.25. The van der Waals surface area contributed by atoms with Crippen LogP contribution in [0, 0.1) is 11.3 Å². The van der Waals surface area contributed by atoms with Gasteiger partial charge in [0, 0.05) is 49.0 Å². The Morgan fingerprint density at radius 1 is 0.943 bits per heavy atom. The van der Waals surface area contributed by atoms with Gasteiger partial charge in [-0.2, -0.15) is 0 Å². The normalized spacial score (nSPS) is 20.7. The maximum atomic E-state index is 13.3. The average molecular weight is 469 g/mol. The first-order valence-corrected chi connectivity index (χ1v) is 12.3. The summed E-state index contributed by atoms with van der Waals surface area (Å²) in [7, 11) is 0. The van der Waals surface area contributed by atoms with Crippen LogP contribution in [0.15, 0.2) is 66.7 Å². The van der Waals surface area contributed by atoms with Crippen LogP contribution in [0.1, 0.15) is 29.6 Å². The zero-order chi connectivity index (χ0) is 24.0. The molecule has 178 valence electrons. The van der Waals surface area contributed by atoms with Crippen molar-refractivity contribution in [2.24, 2.45) is 11.3 Å². The fraction of sp³-hybridized carbons (Fsp3) is 0.321. The van der Waals surface area contributed by atoms with E-state index in [-0.39, 0.29) is 29.2 Å². The standard InChI is InChI=1S/C28H28N4O3/c33-25(30-20-7-4-8-21(17-20)32-16-13-29-27(32)35)24-18-28(24)11-14-31(15-12-28)26(34)23-10-3-6-19-5-1-2-9-22(19)23/h1-10,17,24H,11-16,18H2,(H,29,35)(H,30,33). The molecule has 1 aliphatic carbocycles. The number of likely N-dealkylation sites (tertiary alicyclic amines) is 1. The molecule has 7 heteroatoms. The second-order valence-corrected chi connectivity index (χ2v) is 9.86. The minimum Gasteiger partial charge on any atom is -0.339 e. The van der Waals surface area contributed by atoms with E-state index < -0.39 is 0 Å². The number of amides is 4. The van der Waals surface area contributed by atoms with Crippen LogP contribution < -0.4 is 15.5 Å². The van der Waals surface area contributed by atoms with Crippen molar-refractivity contribution in [3.8, 4) is 0 Å². The third-order valence-electron chi connectivity index (χ3n) is 7.85. The lowest BCUT2D eigenvalue weighted by molar-refractivity contribution is -0.118. The lowest BCUT2D eigenvalue weighted by Crippen LogP contribution is -2.40. The number of carbonyl (C=O) groups excluding carboxylic acids is 3. The molecule has 7 nitrogen and oxygen atoms in total. The summed E-state index contributed by atoms with van der Waals surface area (Å²) < 4.78 is 0. The van der Waals surface area contributed by atoms with E-state index in [1.54, 1.807) is 4.90 Å². The first-order valence-electron chi connectivity index (χ1n) is 12.3. The highest BCUT2D eigenvalue weighted by atomic mass is 16.2. The van der Waals surface area contributed by atoms with Gasteiger partial charge < -0.3 is 15.5 Å². The molecule has 1 atom stereocenters. The molecule has 3 aromatic rings. The number of nitrogens with one attached hydrogen (secondary N) is 2. The predicted molar refractivity (Wildman–Crippen MR) is 135 cm³/mol. The molecular weight excluding hydrogens is 440 g/mol. The second-order valence-electron chi connectivity index (χ2n) is 9.86. The molecule has 2 aliphatic heterocycles. The molecule has 3 aliphatic rings. The summed E-state index contributed by atoms with van der Waals surface area (Å²) in [6, 6.07) is 21.2. The van der Waals surface area contributed by atoms with Gasteiger partial charge in [0.05, 0.1) is 0 Å². The molecule has 0 aromatic heterocycles. The molecule has 3 aromatic carbocycles. The molecule has 2 heterocycles. The number of carbonyl (C=O) groups is 3. The lowest BCUT2D eigenvalue weighted by atomic mass is 9.90. The number of nitrogens with zero attached hydrogens (tertiary/aromatic N) is 2. The number of rotatable bonds is 4. The van der Waals surface area contributed by atoms with Crippen LogP contribution in [0.5, 0.6) is 0 Å². The van der Waals surface area contributed by atoms with Crippen molar-refractivity contribution >= 4 is 40.0 Å². The van der Waals surface area contributed by atoms with Crippen molar-refractivity contribution in [1.29, 1.82) is 0 Å². The molecule has 3 fully saturated rings. The smallest absolute Gasteiger partial charge is 0.321 e. The molecule has 35 heavy (non-hydrogen) atoms. The van der Waals surface area contributed by atoms with Crippen LogP contribution in [-0.4, -0.2) is 48.9 Å². The van der Waals surface area contributed by atoms with Gasteiger partial charge in [-0.05, 0) is 59.7 Å². The van der Waals surface area contributed by atoms with Gasteiger partial charge in [-0.25, -0.2) is 4.79 Å². The number of urea groups is 1. The molecule has 1 unspecified atom stereocenters. The Balaban J connectivity index is 1.08. The van der Waals surface area contributed by atoms with Crippen LogP contribution >= 0.6 is 0 Å². The first kappa shape index (κ1) is 21.6. The average Bonchev–Trinajstić information content (AvgIpc) is 3.41. The number of benzene rings is 3. The summed E-state index contributed by atoms with van der Waals surface area (Å²) >= 11 is 0. The van der Waals surface area contributed by atoms with E-state index in [0.717, 1.165) is 41.3 Å².